The van der Waals surface area contributed by atoms with Crippen molar-refractivity contribution in [3.05, 3.63) is 15.8 Å². The number of hydrogen-bond acceptors (Lipinski definition) is 5. The fourth-order valence-electron chi connectivity index (χ4n) is 1.64. The van der Waals surface area contributed by atoms with Crippen LogP contribution < -0.4 is 4.72 Å². The first-order valence-corrected chi connectivity index (χ1v) is 8.51. The largest absolute Gasteiger partial charge is 0.477 e. The molecule has 0 atom stereocenters. The topological polar surface area (TPSA) is 104 Å². The van der Waals surface area contributed by atoms with E-state index in [9.17, 15) is 18.3 Å². The number of aromatic carboxylic acids is 1. The number of nitrogens with one attached hydrogen (secondary N) is 1. The molecule has 114 valence electrons. The second-order valence-corrected chi connectivity index (χ2v) is 7.58. The van der Waals surface area contributed by atoms with Crippen LogP contribution in [0.4, 0.5) is 0 Å². The summed E-state index contributed by atoms with van der Waals surface area (Å²) in [6.45, 7) is 5.00. The predicted octanol–water partition coefficient (Wildman–Crippen LogP) is 1.58. The Morgan fingerprint density at radius 2 is 1.95 bits per heavy atom. The number of carboxylic acids is 1. The number of aliphatic hydroxyl groups is 1. The summed E-state index contributed by atoms with van der Waals surface area (Å²) in [4.78, 5) is 11.2. The average Bonchev–Trinajstić information content (AvgIpc) is 2.79. The van der Waals surface area contributed by atoms with Crippen LogP contribution in [-0.4, -0.2) is 36.7 Å². The highest BCUT2D eigenvalue weighted by molar-refractivity contribution is 7.89. The van der Waals surface area contributed by atoms with Gasteiger partial charge in [-0.15, -0.1) is 11.3 Å². The second kappa shape index (κ2) is 6.21. The summed E-state index contributed by atoms with van der Waals surface area (Å²) in [5.74, 6) is -1.15. The molecule has 0 spiro atoms. The lowest BCUT2D eigenvalue weighted by atomic mass is 9.98. The molecule has 0 bridgehead atoms. The summed E-state index contributed by atoms with van der Waals surface area (Å²) >= 11 is 0.913. The Morgan fingerprint density at radius 3 is 2.35 bits per heavy atom. The van der Waals surface area contributed by atoms with E-state index in [0.29, 0.717) is 17.7 Å². The minimum absolute atomic E-state index is 0.0240. The number of carbonyl (C=O) groups is 1. The van der Waals surface area contributed by atoms with E-state index in [1.165, 1.54) is 0 Å². The third-order valence-corrected chi connectivity index (χ3v) is 5.98. The molecule has 0 saturated carbocycles. The highest BCUT2D eigenvalue weighted by Crippen LogP contribution is 2.26. The maximum atomic E-state index is 12.2. The van der Waals surface area contributed by atoms with Crippen molar-refractivity contribution in [2.24, 2.45) is 0 Å². The molecule has 1 heterocycles. The summed E-state index contributed by atoms with van der Waals surface area (Å²) in [6, 6.07) is 1.14. The molecule has 20 heavy (non-hydrogen) atoms. The molecule has 0 aliphatic rings. The first kappa shape index (κ1) is 17.1. The van der Waals surface area contributed by atoms with E-state index in [1.54, 1.807) is 20.8 Å². The van der Waals surface area contributed by atoms with Crippen molar-refractivity contribution in [1.82, 2.24) is 4.72 Å². The maximum Gasteiger partial charge on any atom is 0.345 e. The molecular weight excluding hydrogens is 302 g/mol. The van der Waals surface area contributed by atoms with Gasteiger partial charge in [0.25, 0.3) is 0 Å². The Balaban J connectivity index is 2.98. The van der Waals surface area contributed by atoms with Gasteiger partial charge in [-0.1, -0.05) is 13.8 Å². The Morgan fingerprint density at radius 1 is 1.40 bits per heavy atom. The van der Waals surface area contributed by atoms with Crippen molar-refractivity contribution in [2.75, 3.05) is 6.54 Å². The highest BCUT2D eigenvalue weighted by Gasteiger charge is 2.27. The van der Waals surface area contributed by atoms with Crippen LogP contribution in [-0.2, 0) is 10.0 Å². The number of carboxylic acid groups (broad SMARTS) is 1. The van der Waals surface area contributed by atoms with E-state index in [-0.39, 0.29) is 16.3 Å². The first-order valence-electron chi connectivity index (χ1n) is 6.21. The quantitative estimate of drug-likeness (QED) is 0.707. The molecule has 0 aliphatic carbocycles. The van der Waals surface area contributed by atoms with Crippen molar-refractivity contribution in [3.8, 4) is 0 Å². The molecular formula is C12H19NO5S2. The van der Waals surface area contributed by atoms with E-state index >= 15 is 0 Å². The molecule has 3 N–H and O–H groups in total. The summed E-state index contributed by atoms with van der Waals surface area (Å²) in [5, 5.41) is 19.0. The Hall–Kier alpha value is -0.960. The van der Waals surface area contributed by atoms with Crippen LogP contribution in [0, 0.1) is 6.92 Å². The molecule has 1 aromatic heterocycles. The smallest absolute Gasteiger partial charge is 0.345 e. The second-order valence-electron chi connectivity index (χ2n) is 4.59. The molecule has 0 radical (unpaired) electrons. The predicted molar refractivity (Wildman–Crippen MR) is 76.7 cm³/mol. The summed E-state index contributed by atoms with van der Waals surface area (Å²) in [5.41, 5.74) is -1.09. The van der Waals surface area contributed by atoms with E-state index in [1.807, 2.05) is 0 Å². The molecule has 1 rings (SSSR count). The maximum absolute atomic E-state index is 12.2. The van der Waals surface area contributed by atoms with Crippen LogP contribution in [0.25, 0.3) is 0 Å². The zero-order valence-electron chi connectivity index (χ0n) is 11.6. The number of thiophene rings is 1. The lowest BCUT2D eigenvalue weighted by molar-refractivity contribution is 0.0377. The van der Waals surface area contributed by atoms with Crippen LogP contribution in [0.3, 0.4) is 0 Å². The van der Waals surface area contributed by atoms with Gasteiger partial charge in [-0.25, -0.2) is 17.9 Å². The number of hydrogen-bond donors (Lipinski definition) is 3. The summed E-state index contributed by atoms with van der Waals surface area (Å²) < 4.78 is 26.7. The van der Waals surface area contributed by atoms with E-state index in [4.69, 9.17) is 5.11 Å². The molecule has 0 fully saturated rings. The molecule has 0 amide bonds. The van der Waals surface area contributed by atoms with Gasteiger partial charge in [0.05, 0.1) is 10.5 Å². The van der Waals surface area contributed by atoms with E-state index < -0.39 is 21.6 Å². The fourth-order valence-corrected chi connectivity index (χ4v) is 4.19. The molecule has 0 aromatic carbocycles. The lowest BCUT2D eigenvalue weighted by Gasteiger charge is -2.25. The Kier molecular flexibility index (Phi) is 5.31. The molecule has 8 heteroatoms. The fraction of sp³-hybridized carbons (Fsp3) is 0.583. The average molecular weight is 321 g/mol. The van der Waals surface area contributed by atoms with Gasteiger partial charge in [-0.05, 0) is 25.8 Å². The van der Waals surface area contributed by atoms with E-state index in [0.717, 1.165) is 17.4 Å². The van der Waals surface area contributed by atoms with Crippen molar-refractivity contribution in [3.63, 3.8) is 0 Å². The standard InChI is InChI=1S/C12H19NO5S2/c1-4-12(16,5-2)7-13-20(17,18)10-6-9(11(14)15)19-8(10)3/h6,13,16H,4-5,7H2,1-3H3,(H,14,15). The van der Waals surface area contributed by atoms with Crippen molar-refractivity contribution >= 4 is 27.3 Å². The van der Waals surface area contributed by atoms with Gasteiger partial charge in [-0.3, -0.25) is 0 Å². The Labute approximate surface area is 122 Å². The summed E-state index contributed by atoms with van der Waals surface area (Å²) in [6.07, 6.45) is 0.851. The number of sulfonamides is 1. The molecule has 0 unspecified atom stereocenters. The molecule has 0 saturated heterocycles. The summed E-state index contributed by atoms with van der Waals surface area (Å²) in [7, 11) is -3.82. The van der Waals surface area contributed by atoms with Gasteiger partial charge in [0.15, 0.2) is 0 Å². The van der Waals surface area contributed by atoms with Crippen molar-refractivity contribution in [2.45, 2.75) is 44.1 Å². The van der Waals surface area contributed by atoms with Gasteiger partial charge >= 0.3 is 5.97 Å². The van der Waals surface area contributed by atoms with Gasteiger partial charge in [-0.2, -0.15) is 0 Å². The third kappa shape index (κ3) is 3.78. The monoisotopic (exact) mass is 321 g/mol. The van der Waals surface area contributed by atoms with Crippen LogP contribution in [0.1, 0.15) is 41.2 Å². The SMILES string of the molecule is CCC(O)(CC)CNS(=O)(=O)c1cc(C(=O)O)sc1C. The molecule has 6 nitrogen and oxygen atoms in total. The number of aryl methyl sites for hydroxylation is 1. The van der Waals surface area contributed by atoms with Gasteiger partial charge in [0, 0.05) is 11.4 Å². The lowest BCUT2D eigenvalue weighted by Crippen LogP contribution is -2.42. The molecule has 1 aromatic rings. The highest BCUT2D eigenvalue weighted by atomic mass is 32.2. The van der Waals surface area contributed by atoms with Crippen LogP contribution in [0.15, 0.2) is 11.0 Å². The zero-order chi connectivity index (χ0) is 15.6. The van der Waals surface area contributed by atoms with Crippen LogP contribution >= 0.6 is 11.3 Å². The Bertz CT molecular complexity index is 587. The third-order valence-electron chi connectivity index (χ3n) is 3.28. The van der Waals surface area contributed by atoms with E-state index in [2.05, 4.69) is 4.72 Å². The normalized spacial score (nSPS) is 12.6. The minimum atomic E-state index is -3.82. The van der Waals surface area contributed by atoms with Gasteiger partial charge in [0.2, 0.25) is 10.0 Å². The van der Waals surface area contributed by atoms with Crippen LogP contribution in [0.2, 0.25) is 0 Å². The van der Waals surface area contributed by atoms with Crippen molar-refractivity contribution in [1.29, 1.82) is 0 Å². The van der Waals surface area contributed by atoms with Crippen molar-refractivity contribution < 1.29 is 23.4 Å². The van der Waals surface area contributed by atoms with Crippen LogP contribution in [0.5, 0.6) is 0 Å². The zero-order valence-corrected chi connectivity index (χ0v) is 13.3. The minimum Gasteiger partial charge on any atom is -0.477 e. The first-order chi connectivity index (χ1) is 9.15. The number of rotatable bonds is 7. The van der Waals surface area contributed by atoms with Gasteiger partial charge < -0.3 is 10.2 Å². The van der Waals surface area contributed by atoms with Gasteiger partial charge in [0.1, 0.15) is 4.88 Å². The molecule has 0 aliphatic heterocycles.